The third kappa shape index (κ3) is 3.66. The van der Waals surface area contributed by atoms with Crippen LogP contribution in [0.3, 0.4) is 0 Å². The minimum absolute atomic E-state index is 0.179. The summed E-state index contributed by atoms with van der Waals surface area (Å²) in [4.78, 5) is 2.19. The Hall–Kier alpha value is -2.86. The molecule has 6 heteroatoms. The second-order valence-corrected chi connectivity index (χ2v) is 6.80. The molecule has 0 bridgehead atoms. The van der Waals surface area contributed by atoms with Gasteiger partial charge in [0.25, 0.3) is 0 Å². The van der Waals surface area contributed by atoms with E-state index in [2.05, 4.69) is 40.2 Å². The smallest absolute Gasteiger partial charge is 0.230 e. The van der Waals surface area contributed by atoms with Gasteiger partial charge in [0, 0.05) is 25.1 Å². The average Bonchev–Trinajstić information content (AvgIpc) is 3.01. The van der Waals surface area contributed by atoms with Gasteiger partial charge in [-0.15, -0.1) is 10.2 Å². The molecule has 27 heavy (non-hydrogen) atoms. The predicted octanol–water partition coefficient (Wildman–Crippen LogP) is 3.71. The van der Waals surface area contributed by atoms with E-state index in [1.54, 1.807) is 6.07 Å². The summed E-state index contributed by atoms with van der Waals surface area (Å²) < 4.78 is 11.5. The number of fused-ring (bicyclic) bond motifs is 1. The molecule has 2 heterocycles. The zero-order chi connectivity index (χ0) is 18.8. The second-order valence-electron chi connectivity index (χ2n) is 6.80. The van der Waals surface area contributed by atoms with Gasteiger partial charge in [-0.3, -0.25) is 4.90 Å². The zero-order valence-corrected chi connectivity index (χ0v) is 15.6. The third-order valence-corrected chi connectivity index (χ3v) is 4.82. The van der Waals surface area contributed by atoms with E-state index in [1.165, 1.54) is 5.56 Å². The second kappa shape index (κ2) is 7.40. The topological polar surface area (TPSA) is 71.6 Å². The summed E-state index contributed by atoms with van der Waals surface area (Å²) in [6.07, 6.45) is 0.729. The molecule has 3 aromatic rings. The number of phenolic OH excluding ortho intramolecular Hbond substituents is 1. The highest BCUT2D eigenvalue weighted by Crippen LogP contribution is 2.38. The number of nitrogens with zero attached hydrogens (tertiary/aromatic N) is 3. The molecule has 0 fully saturated rings. The summed E-state index contributed by atoms with van der Waals surface area (Å²) in [5.74, 6) is 2.00. The Kier molecular flexibility index (Phi) is 4.81. The fraction of sp³-hybridized carbons (Fsp3) is 0.333. The maximum atomic E-state index is 10.5. The molecule has 1 N–H and O–H groups in total. The lowest BCUT2D eigenvalue weighted by Gasteiger charge is -2.17. The van der Waals surface area contributed by atoms with Crippen LogP contribution in [0.15, 0.2) is 40.8 Å². The number of aromatic hydroxyl groups is 1. The first-order chi connectivity index (χ1) is 13.1. The van der Waals surface area contributed by atoms with Gasteiger partial charge in [0.05, 0.1) is 6.54 Å². The van der Waals surface area contributed by atoms with E-state index < -0.39 is 0 Å². The van der Waals surface area contributed by atoms with Crippen LogP contribution in [0.1, 0.15) is 29.8 Å². The molecular weight excluding hydrogens is 342 g/mol. The lowest BCUT2D eigenvalue weighted by molar-refractivity contribution is 0.200. The molecule has 0 unspecified atom stereocenters. The van der Waals surface area contributed by atoms with Gasteiger partial charge in [-0.05, 0) is 35.7 Å². The number of ether oxygens (including phenoxy) is 1. The standard InChI is InChI=1S/C21H23N3O3/c1-3-19-22-23-20(27-19)13-24-8-9-26-21-16(12-24)10-15(11-18(21)25)17-7-5-4-6-14(17)2/h4-7,10-11,25H,3,8-9,12-13H2,1-2H3. The average molecular weight is 365 g/mol. The van der Waals surface area contributed by atoms with E-state index >= 15 is 0 Å². The molecule has 1 aliphatic heterocycles. The van der Waals surface area contributed by atoms with Gasteiger partial charge in [0.15, 0.2) is 11.5 Å². The summed E-state index contributed by atoms with van der Waals surface area (Å²) in [5, 5.41) is 18.7. The van der Waals surface area contributed by atoms with Crippen LogP contribution in [0.2, 0.25) is 0 Å². The van der Waals surface area contributed by atoms with Gasteiger partial charge < -0.3 is 14.3 Å². The van der Waals surface area contributed by atoms with Gasteiger partial charge >= 0.3 is 0 Å². The normalized spacial score (nSPS) is 14.4. The molecule has 0 amide bonds. The number of benzene rings is 2. The minimum atomic E-state index is 0.179. The van der Waals surface area contributed by atoms with Crippen LogP contribution in [-0.4, -0.2) is 33.4 Å². The lowest BCUT2D eigenvalue weighted by Crippen LogP contribution is -2.25. The predicted molar refractivity (Wildman–Crippen MR) is 102 cm³/mol. The van der Waals surface area contributed by atoms with Crippen molar-refractivity contribution < 1.29 is 14.3 Å². The third-order valence-electron chi connectivity index (χ3n) is 4.82. The Morgan fingerprint density at radius 1 is 1.15 bits per heavy atom. The number of aromatic nitrogens is 2. The van der Waals surface area contributed by atoms with Crippen molar-refractivity contribution in [3.05, 3.63) is 59.3 Å². The van der Waals surface area contributed by atoms with E-state index in [0.717, 1.165) is 29.7 Å². The van der Waals surface area contributed by atoms with Gasteiger partial charge in [-0.1, -0.05) is 31.2 Å². The van der Waals surface area contributed by atoms with Crippen LogP contribution in [-0.2, 0) is 19.5 Å². The Morgan fingerprint density at radius 2 is 1.96 bits per heavy atom. The first-order valence-electron chi connectivity index (χ1n) is 9.22. The maximum Gasteiger partial charge on any atom is 0.230 e. The molecule has 140 valence electrons. The SMILES string of the molecule is CCc1nnc(CN2CCOc3c(O)cc(-c4ccccc4C)cc3C2)o1. The highest BCUT2D eigenvalue weighted by molar-refractivity contribution is 5.71. The Bertz CT molecular complexity index is 952. The Labute approximate surface area is 158 Å². The van der Waals surface area contributed by atoms with Crippen molar-refractivity contribution in [3.63, 3.8) is 0 Å². The number of rotatable bonds is 4. The quantitative estimate of drug-likeness (QED) is 0.760. The molecule has 0 radical (unpaired) electrons. The van der Waals surface area contributed by atoms with E-state index in [0.29, 0.717) is 37.2 Å². The highest BCUT2D eigenvalue weighted by Gasteiger charge is 2.21. The molecule has 2 aromatic carbocycles. The minimum Gasteiger partial charge on any atom is -0.504 e. The largest absolute Gasteiger partial charge is 0.504 e. The van der Waals surface area contributed by atoms with E-state index in [1.807, 2.05) is 19.1 Å². The van der Waals surface area contributed by atoms with Crippen LogP contribution in [0.25, 0.3) is 11.1 Å². The molecule has 0 spiro atoms. The van der Waals surface area contributed by atoms with Crippen molar-refractivity contribution in [2.45, 2.75) is 33.4 Å². The van der Waals surface area contributed by atoms with Gasteiger partial charge in [0.2, 0.25) is 11.8 Å². The molecule has 6 nitrogen and oxygen atoms in total. The molecule has 0 aliphatic carbocycles. The summed E-state index contributed by atoms with van der Waals surface area (Å²) in [5.41, 5.74) is 4.22. The molecule has 1 aromatic heterocycles. The molecule has 0 saturated heterocycles. The maximum absolute atomic E-state index is 10.5. The number of hydrogen-bond donors (Lipinski definition) is 1. The number of hydrogen-bond acceptors (Lipinski definition) is 6. The van der Waals surface area contributed by atoms with Crippen molar-refractivity contribution in [2.75, 3.05) is 13.2 Å². The van der Waals surface area contributed by atoms with Gasteiger partial charge in [-0.25, -0.2) is 0 Å². The van der Waals surface area contributed by atoms with E-state index in [-0.39, 0.29) is 5.75 Å². The van der Waals surface area contributed by atoms with Crippen molar-refractivity contribution >= 4 is 0 Å². The van der Waals surface area contributed by atoms with E-state index in [4.69, 9.17) is 9.15 Å². The Morgan fingerprint density at radius 3 is 2.74 bits per heavy atom. The van der Waals surface area contributed by atoms with Gasteiger partial charge in [0.1, 0.15) is 6.61 Å². The summed E-state index contributed by atoms with van der Waals surface area (Å²) in [6.45, 7) is 6.49. The molecule has 1 aliphatic rings. The molecule has 4 rings (SSSR count). The van der Waals surface area contributed by atoms with Gasteiger partial charge in [-0.2, -0.15) is 0 Å². The van der Waals surface area contributed by atoms with Crippen molar-refractivity contribution in [2.24, 2.45) is 0 Å². The molecular formula is C21H23N3O3. The monoisotopic (exact) mass is 365 g/mol. The molecule has 0 atom stereocenters. The lowest BCUT2D eigenvalue weighted by atomic mass is 9.98. The molecule has 0 saturated carbocycles. The summed E-state index contributed by atoms with van der Waals surface area (Å²) in [7, 11) is 0. The Balaban J connectivity index is 1.63. The van der Waals surface area contributed by atoms with Crippen molar-refractivity contribution in [1.29, 1.82) is 0 Å². The van der Waals surface area contributed by atoms with E-state index in [9.17, 15) is 5.11 Å². The summed E-state index contributed by atoms with van der Waals surface area (Å²) in [6, 6.07) is 12.0. The summed E-state index contributed by atoms with van der Waals surface area (Å²) >= 11 is 0. The first kappa shape index (κ1) is 17.5. The zero-order valence-electron chi connectivity index (χ0n) is 15.6. The highest BCUT2D eigenvalue weighted by atomic mass is 16.5. The fourth-order valence-electron chi connectivity index (χ4n) is 3.43. The van der Waals surface area contributed by atoms with Crippen LogP contribution in [0, 0.1) is 6.92 Å². The van der Waals surface area contributed by atoms with Crippen LogP contribution >= 0.6 is 0 Å². The first-order valence-corrected chi connectivity index (χ1v) is 9.22. The van der Waals surface area contributed by atoms with Crippen LogP contribution in [0.4, 0.5) is 0 Å². The van der Waals surface area contributed by atoms with Crippen LogP contribution < -0.4 is 4.74 Å². The van der Waals surface area contributed by atoms with Crippen molar-refractivity contribution in [3.8, 4) is 22.6 Å². The number of aryl methyl sites for hydroxylation is 2. The fourth-order valence-corrected chi connectivity index (χ4v) is 3.43. The number of phenols is 1. The van der Waals surface area contributed by atoms with Crippen LogP contribution in [0.5, 0.6) is 11.5 Å². The van der Waals surface area contributed by atoms with Crippen molar-refractivity contribution in [1.82, 2.24) is 15.1 Å².